The highest BCUT2D eigenvalue weighted by molar-refractivity contribution is 5.69. The predicted octanol–water partition coefficient (Wildman–Crippen LogP) is 3.70. The zero-order valence-electron chi connectivity index (χ0n) is 13.1. The lowest BCUT2D eigenvalue weighted by molar-refractivity contribution is 0.469. The van der Waals surface area contributed by atoms with E-state index in [1.165, 1.54) is 12.1 Å². The molecule has 120 valence electrons. The van der Waals surface area contributed by atoms with E-state index in [-0.39, 0.29) is 11.4 Å². The first-order valence-corrected chi connectivity index (χ1v) is 7.64. The Morgan fingerprint density at radius 3 is 3.00 bits per heavy atom. The molecule has 6 heteroatoms. The average molecular weight is 314 g/mol. The summed E-state index contributed by atoms with van der Waals surface area (Å²) in [5, 5.41) is 12.1. The van der Waals surface area contributed by atoms with Gasteiger partial charge in [0.1, 0.15) is 17.4 Å². The van der Waals surface area contributed by atoms with Crippen LogP contribution in [0.5, 0.6) is 5.75 Å². The summed E-state index contributed by atoms with van der Waals surface area (Å²) in [6.07, 6.45) is 6.82. The number of rotatable bonds is 4. The van der Waals surface area contributed by atoms with E-state index in [0.717, 1.165) is 30.4 Å². The molecule has 5 nitrogen and oxygen atoms in total. The molecule has 0 radical (unpaired) electrons. The molecule has 0 saturated carbocycles. The Labute approximate surface area is 134 Å². The molecule has 1 aromatic carbocycles. The molecular weight excluding hydrogens is 295 g/mol. The van der Waals surface area contributed by atoms with Gasteiger partial charge in [-0.2, -0.15) is 4.98 Å². The quantitative estimate of drug-likeness (QED) is 0.843. The van der Waals surface area contributed by atoms with Crippen LogP contribution < -0.4 is 10.2 Å². The van der Waals surface area contributed by atoms with Crippen molar-refractivity contribution in [3.8, 4) is 5.75 Å². The van der Waals surface area contributed by atoms with Crippen LogP contribution in [0.15, 0.2) is 30.5 Å². The van der Waals surface area contributed by atoms with Gasteiger partial charge in [0.25, 0.3) is 0 Å². The molecule has 0 saturated heterocycles. The fourth-order valence-corrected chi connectivity index (χ4v) is 2.50. The van der Waals surface area contributed by atoms with E-state index in [2.05, 4.69) is 40.1 Å². The standard InChI is InChI=1S/C17H19FN4O/c1-3-11(2)22-8-4-5-12-10-19-17(21-16(12)22)20-15-7-6-13(23)9-14(15)18/h4-7,9-11,23H,3,8H2,1-2H3,(H,19,20,21). The van der Waals surface area contributed by atoms with Crippen molar-refractivity contribution in [3.05, 3.63) is 41.9 Å². The van der Waals surface area contributed by atoms with E-state index in [9.17, 15) is 9.50 Å². The maximum atomic E-state index is 13.8. The highest BCUT2D eigenvalue weighted by atomic mass is 19.1. The highest BCUT2D eigenvalue weighted by Gasteiger charge is 2.20. The molecule has 1 atom stereocenters. The molecule has 0 amide bonds. The van der Waals surface area contributed by atoms with Gasteiger partial charge in [-0.25, -0.2) is 9.37 Å². The van der Waals surface area contributed by atoms with Gasteiger partial charge in [-0.15, -0.1) is 0 Å². The summed E-state index contributed by atoms with van der Waals surface area (Å²) in [5.41, 5.74) is 1.18. The summed E-state index contributed by atoms with van der Waals surface area (Å²) in [5.74, 6) is 0.507. The molecule has 1 aliphatic heterocycles. The van der Waals surface area contributed by atoms with E-state index in [4.69, 9.17) is 0 Å². The minimum Gasteiger partial charge on any atom is -0.508 e. The molecule has 23 heavy (non-hydrogen) atoms. The smallest absolute Gasteiger partial charge is 0.229 e. The van der Waals surface area contributed by atoms with E-state index in [1.54, 1.807) is 6.20 Å². The van der Waals surface area contributed by atoms with Gasteiger partial charge in [-0.1, -0.05) is 19.1 Å². The molecule has 0 aliphatic carbocycles. The SMILES string of the molecule is CCC(C)N1CC=Cc2cnc(Nc3ccc(O)cc3F)nc21. The number of aromatic nitrogens is 2. The zero-order valence-corrected chi connectivity index (χ0v) is 13.1. The van der Waals surface area contributed by atoms with Crippen molar-refractivity contribution in [3.63, 3.8) is 0 Å². The molecule has 2 aromatic rings. The van der Waals surface area contributed by atoms with Gasteiger partial charge in [0.2, 0.25) is 5.95 Å². The summed E-state index contributed by atoms with van der Waals surface area (Å²) in [7, 11) is 0. The van der Waals surface area contributed by atoms with Crippen LogP contribution in [0.3, 0.4) is 0 Å². The molecule has 2 N–H and O–H groups in total. The van der Waals surface area contributed by atoms with Crippen LogP contribution in [0.1, 0.15) is 25.8 Å². The minimum atomic E-state index is -0.551. The lowest BCUT2D eigenvalue weighted by atomic mass is 10.1. The largest absolute Gasteiger partial charge is 0.508 e. The Balaban J connectivity index is 1.92. The fraction of sp³-hybridized carbons (Fsp3) is 0.294. The van der Waals surface area contributed by atoms with Crippen molar-refractivity contribution >= 4 is 23.5 Å². The molecule has 0 fully saturated rings. The number of aromatic hydroxyl groups is 1. The van der Waals surface area contributed by atoms with Crippen molar-refractivity contribution in [1.29, 1.82) is 0 Å². The number of phenols is 1. The van der Waals surface area contributed by atoms with Crippen LogP contribution in [0.25, 0.3) is 6.08 Å². The average Bonchev–Trinajstić information content (AvgIpc) is 2.56. The fourth-order valence-electron chi connectivity index (χ4n) is 2.50. The van der Waals surface area contributed by atoms with E-state index >= 15 is 0 Å². The minimum absolute atomic E-state index is 0.118. The van der Waals surface area contributed by atoms with Crippen LogP contribution in [0, 0.1) is 5.82 Å². The monoisotopic (exact) mass is 314 g/mol. The molecule has 0 bridgehead atoms. The first-order chi connectivity index (χ1) is 11.1. The molecule has 2 heterocycles. The third kappa shape index (κ3) is 3.11. The summed E-state index contributed by atoms with van der Waals surface area (Å²) in [6.45, 7) is 5.08. The topological polar surface area (TPSA) is 61.3 Å². The van der Waals surface area contributed by atoms with Gasteiger partial charge in [0.15, 0.2) is 0 Å². The summed E-state index contributed by atoms with van der Waals surface area (Å²) in [4.78, 5) is 11.0. The van der Waals surface area contributed by atoms with Crippen molar-refractivity contribution < 1.29 is 9.50 Å². The Bertz CT molecular complexity index is 747. The maximum Gasteiger partial charge on any atom is 0.229 e. The van der Waals surface area contributed by atoms with Crippen LogP contribution >= 0.6 is 0 Å². The normalized spacial score (nSPS) is 14.5. The zero-order chi connectivity index (χ0) is 16.4. The van der Waals surface area contributed by atoms with Gasteiger partial charge in [-0.05, 0) is 25.5 Å². The second-order valence-corrected chi connectivity index (χ2v) is 5.57. The molecule has 1 aromatic heterocycles. The Hall–Kier alpha value is -2.63. The third-order valence-corrected chi connectivity index (χ3v) is 3.99. The highest BCUT2D eigenvalue weighted by Crippen LogP contribution is 2.28. The molecular formula is C17H19FN4O. The second kappa shape index (κ2) is 6.24. The van der Waals surface area contributed by atoms with Gasteiger partial charge in [0, 0.05) is 30.4 Å². The third-order valence-electron chi connectivity index (χ3n) is 3.99. The summed E-state index contributed by atoms with van der Waals surface area (Å²) in [6, 6.07) is 4.28. The number of benzene rings is 1. The van der Waals surface area contributed by atoms with Crippen LogP contribution in [0.4, 0.5) is 21.8 Å². The van der Waals surface area contributed by atoms with E-state index < -0.39 is 5.82 Å². The van der Waals surface area contributed by atoms with Gasteiger partial charge in [-0.3, -0.25) is 0 Å². The molecule has 3 rings (SSSR count). The number of phenolic OH excluding ortho intramolecular Hbond substituents is 1. The summed E-state index contributed by atoms with van der Waals surface area (Å²) < 4.78 is 13.8. The number of halogens is 1. The number of nitrogens with zero attached hydrogens (tertiary/aromatic N) is 3. The van der Waals surface area contributed by atoms with Gasteiger partial charge >= 0.3 is 0 Å². The first-order valence-electron chi connectivity index (χ1n) is 7.64. The maximum absolute atomic E-state index is 13.8. The summed E-state index contributed by atoms with van der Waals surface area (Å²) >= 11 is 0. The Morgan fingerprint density at radius 2 is 2.26 bits per heavy atom. The van der Waals surface area contributed by atoms with Crippen molar-refractivity contribution in [2.24, 2.45) is 0 Å². The molecule has 0 spiro atoms. The van der Waals surface area contributed by atoms with Crippen LogP contribution in [0.2, 0.25) is 0 Å². The number of fused-ring (bicyclic) bond motifs is 1. The Kier molecular flexibility index (Phi) is 4.14. The Morgan fingerprint density at radius 1 is 1.43 bits per heavy atom. The van der Waals surface area contributed by atoms with Gasteiger partial charge < -0.3 is 15.3 Å². The number of hydrogen-bond donors (Lipinski definition) is 2. The molecule has 1 aliphatic rings. The van der Waals surface area contributed by atoms with Crippen molar-refractivity contribution in [2.75, 3.05) is 16.8 Å². The predicted molar refractivity (Wildman–Crippen MR) is 89.5 cm³/mol. The first kappa shape index (κ1) is 15.3. The second-order valence-electron chi connectivity index (χ2n) is 5.57. The van der Waals surface area contributed by atoms with E-state index in [0.29, 0.717) is 12.0 Å². The number of hydrogen-bond acceptors (Lipinski definition) is 5. The van der Waals surface area contributed by atoms with E-state index in [1.807, 2.05) is 6.08 Å². The van der Waals surface area contributed by atoms with Crippen LogP contribution in [-0.4, -0.2) is 27.7 Å². The van der Waals surface area contributed by atoms with Crippen molar-refractivity contribution in [1.82, 2.24) is 9.97 Å². The van der Waals surface area contributed by atoms with Crippen LogP contribution in [-0.2, 0) is 0 Å². The lowest BCUT2D eigenvalue weighted by Crippen LogP contribution is -2.35. The number of nitrogens with one attached hydrogen (secondary N) is 1. The number of anilines is 3. The molecule has 1 unspecified atom stereocenters. The lowest BCUT2D eigenvalue weighted by Gasteiger charge is -2.32. The van der Waals surface area contributed by atoms with Gasteiger partial charge in [0.05, 0.1) is 5.69 Å². The van der Waals surface area contributed by atoms with Crippen molar-refractivity contribution in [2.45, 2.75) is 26.3 Å².